The summed E-state index contributed by atoms with van der Waals surface area (Å²) in [5.74, 6) is -0.943. The molecule has 2 aromatic rings. The van der Waals surface area contributed by atoms with Crippen molar-refractivity contribution in [3.05, 3.63) is 41.8 Å². The number of nitrogens with one attached hydrogen (secondary N) is 1. The van der Waals surface area contributed by atoms with E-state index >= 15 is 0 Å². The van der Waals surface area contributed by atoms with Gasteiger partial charge in [-0.15, -0.1) is 11.3 Å². The maximum absolute atomic E-state index is 12.4. The second-order valence-electron chi connectivity index (χ2n) is 5.15. The van der Waals surface area contributed by atoms with Crippen LogP contribution in [0.1, 0.15) is 12.8 Å². The molecule has 0 spiro atoms. The van der Waals surface area contributed by atoms with Gasteiger partial charge in [-0.05, 0) is 29.9 Å². The third-order valence-corrected chi connectivity index (χ3v) is 4.71. The van der Waals surface area contributed by atoms with Gasteiger partial charge in [-0.1, -0.05) is 30.3 Å². The van der Waals surface area contributed by atoms with Gasteiger partial charge in [-0.3, -0.25) is 0 Å². The molecular weight excluding hydrogens is 300 g/mol. The summed E-state index contributed by atoms with van der Waals surface area (Å²) in [6.45, 7) is 0.480. The highest BCUT2D eigenvalue weighted by Crippen LogP contribution is 2.34. The number of carboxylic acids is 1. The number of hydrogen-bond acceptors (Lipinski definition) is 3. The van der Waals surface area contributed by atoms with Crippen molar-refractivity contribution in [2.75, 3.05) is 11.9 Å². The number of amides is 2. The topological polar surface area (TPSA) is 69.6 Å². The highest BCUT2D eigenvalue weighted by Gasteiger charge is 2.34. The average Bonchev–Trinajstić information content (AvgIpc) is 3.17. The van der Waals surface area contributed by atoms with E-state index in [1.54, 1.807) is 11.3 Å². The Morgan fingerprint density at radius 1 is 1.23 bits per heavy atom. The first-order valence-electron chi connectivity index (χ1n) is 7.10. The molecule has 5 nitrogen and oxygen atoms in total. The van der Waals surface area contributed by atoms with Crippen molar-refractivity contribution in [3.63, 3.8) is 0 Å². The van der Waals surface area contributed by atoms with Crippen molar-refractivity contribution in [2.45, 2.75) is 18.9 Å². The molecule has 1 unspecified atom stereocenters. The first-order valence-corrected chi connectivity index (χ1v) is 7.98. The Hall–Kier alpha value is -2.34. The lowest BCUT2D eigenvalue weighted by Gasteiger charge is -2.21. The van der Waals surface area contributed by atoms with Crippen molar-refractivity contribution >= 4 is 29.0 Å². The number of likely N-dealkylation sites (tertiary alicyclic amines) is 1. The lowest BCUT2D eigenvalue weighted by molar-refractivity contribution is -0.141. The van der Waals surface area contributed by atoms with Crippen LogP contribution in [0.4, 0.5) is 10.5 Å². The number of benzene rings is 1. The quantitative estimate of drug-likeness (QED) is 0.910. The standard InChI is InChI=1S/C16H16N2O3S/c19-15(20)13-7-4-9-18(13)16(21)17-12-8-10-22-14(12)11-5-2-1-3-6-11/h1-3,5-6,8,10,13H,4,7,9H2,(H,17,21)(H,19,20). The van der Waals surface area contributed by atoms with Crippen LogP contribution in [0.2, 0.25) is 0 Å². The monoisotopic (exact) mass is 316 g/mol. The van der Waals surface area contributed by atoms with E-state index in [2.05, 4.69) is 5.32 Å². The minimum atomic E-state index is -0.943. The molecule has 6 heteroatoms. The Balaban J connectivity index is 1.78. The maximum Gasteiger partial charge on any atom is 0.326 e. The van der Waals surface area contributed by atoms with E-state index in [0.717, 1.165) is 22.5 Å². The van der Waals surface area contributed by atoms with Gasteiger partial charge in [0.25, 0.3) is 0 Å². The SMILES string of the molecule is O=C(O)C1CCCN1C(=O)Nc1ccsc1-c1ccccc1. The van der Waals surface area contributed by atoms with Gasteiger partial charge in [0.1, 0.15) is 6.04 Å². The van der Waals surface area contributed by atoms with Gasteiger partial charge in [0.05, 0.1) is 10.6 Å². The third-order valence-electron chi connectivity index (χ3n) is 3.74. The number of carboxylic acid groups (broad SMARTS) is 1. The van der Waals surface area contributed by atoms with Gasteiger partial charge in [-0.2, -0.15) is 0 Å². The Morgan fingerprint density at radius 2 is 2.00 bits per heavy atom. The fourth-order valence-corrected chi connectivity index (χ4v) is 3.53. The molecule has 2 amide bonds. The van der Waals surface area contributed by atoms with Crippen LogP contribution in [0.15, 0.2) is 41.8 Å². The normalized spacial score (nSPS) is 17.5. The van der Waals surface area contributed by atoms with Crippen LogP contribution in [0.3, 0.4) is 0 Å². The molecule has 3 rings (SSSR count). The van der Waals surface area contributed by atoms with Gasteiger partial charge in [0.2, 0.25) is 0 Å². The van der Waals surface area contributed by atoms with Gasteiger partial charge in [-0.25, -0.2) is 9.59 Å². The minimum Gasteiger partial charge on any atom is -0.480 e. The Morgan fingerprint density at radius 3 is 2.73 bits per heavy atom. The molecule has 0 saturated carbocycles. The number of rotatable bonds is 3. The Bertz CT molecular complexity index is 684. The van der Waals surface area contributed by atoms with Crippen LogP contribution < -0.4 is 5.32 Å². The van der Waals surface area contributed by atoms with Crippen LogP contribution in [0.5, 0.6) is 0 Å². The second kappa shape index (κ2) is 6.19. The predicted octanol–water partition coefficient (Wildman–Crippen LogP) is 3.50. The molecule has 1 saturated heterocycles. The first-order chi connectivity index (χ1) is 10.7. The molecule has 22 heavy (non-hydrogen) atoms. The van der Waals surface area contributed by atoms with Gasteiger partial charge < -0.3 is 15.3 Å². The molecule has 114 valence electrons. The van der Waals surface area contributed by atoms with E-state index in [4.69, 9.17) is 0 Å². The predicted molar refractivity (Wildman–Crippen MR) is 86.1 cm³/mol. The van der Waals surface area contributed by atoms with Crippen LogP contribution >= 0.6 is 11.3 Å². The number of nitrogens with zero attached hydrogens (tertiary/aromatic N) is 1. The van der Waals surface area contributed by atoms with Crippen molar-refractivity contribution in [2.24, 2.45) is 0 Å². The zero-order valence-corrected chi connectivity index (χ0v) is 12.7. The van der Waals surface area contributed by atoms with Crippen molar-refractivity contribution in [1.82, 2.24) is 4.90 Å². The molecule has 0 bridgehead atoms. The average molecular weight is 316 g/mol. The number of hydrogen-bond donors (Lipinski definition) is 2. The molecular formula is C16H16N2O3S. The third kappa shape index (κ3) is 2.82. The number of thiophene rings is 1. The highest BCUT2D eigenvalue weighted by molar-refractivity contribution is 7.14. The zero-order valence-electron chi connectivity index (χ0n) is 11.9. The second-order valence-corrected chi connectivity index (χ2v) is 6.07. The van der Waals surface area contributed by atoms with Crippen LogP contribution in [-0.2, 0) is 4.79 Å². The molecule has 1 atom stereocenters. The number of anilines is 1. The van der Waals surface area contributed by atoms with Gasteiger partial charge in [0.15, 0.2) is 0 Å². The lowest BCUT2D eigenvalue weighted by Crippen LogP contribution is -2.42. The fraction of sp³-hybridized carbons (Fsp3) is 0.250. The van der Waals surface area contributed by atoms with Crippen LogP contribution in [-0.4, -0.2) is 34.6 Å². The van der Waals surface area contributed by atoms with Gasteiger partial charge >= 0.3 is 12.0 Å². The lowest BCUT2D eigenvalue weighted by atomic mass is 10.2. The Kier molecular flexibility index (Phi) is 4.11. The zero-order chi connectivity index (χ0) is 15.5. The van der Waals surface area contributed by atoms with E-state index in [1.807, 2.05) is 41.8 Å². The van der Waals surface area contributed by atoms with Crippen molar-refractivity contribution < 1.29 is 14.7 Å². The molecule has 1 aromatic heterocycles. The summed E-state index contributed by atoms with van der Waals surface area (Å²) in [5, 5.41) is 13.9. The molecule has 0 radical (unpaired) electrons. The molecule has 1 aliphatic rings. The van der Waals surface area contributed by atoms with Crippen molar-refractivity contribution in [1.29, 1.82) is 0 Å². The smallest absolute Gasteiger partial charge is 0.326 e. The molecule has 1 aromatic carbocycles. The number of carbonyl (C=O) groups excluding carboxylic acids is 1. The molecule has 1 fully saturated rings. The van der Waals surface area contributed by atoms with E-state index in [1.165, 1.54) is 4.90 Å². The summed E-state index contributed by atoms with van der Waals surface area (Å²) in [7, 11) is 0. The van der Waals surface area contributed by atoms with Crippen LogP contribution in [0.25, 0.3) is 10.4 Å². The van der Waals surface area contributed by atoms with E-state index in [-0.39, 0.29) is 6.03 Å². The summed E-state index contributed by atoms with van der Waals surface area (Å²) in [6, 6.07) is 10.6. The van der Waals surface area contributed by atoms with E-state index in [0.29, 0.717) is 13.0 Å². The highest BCUT2D eigenvalue weighted by atomic mass is 32.1. The molecule has 2 N–H and O–H groups in total. The van der Waals surface area contributed by atoms with Crippen molar-refractivity contribution in [3.8, 4) is 10.4 Å². The summed E-state index contributed by atoms with van der Waals surface area (Å²) < 4.78 is 0. The summed E-state index contributed by atoms with van der Waals surface area (Å²) in [5.41, 5.74) is 1.75. The molecule has 0 aliphatic carbocycles. The summed E-state index contributed by atoms with van der Waals surface area (Å²) in [4.78, 5) is 25.9. The van der Waals surface area contributed by atoms with E-state index in [9.17, 15) is 14.7 Å². The number of carbonyl (C=O) groups is 2. The number of aliphatic carboxylic acids is 1. The van der Waals surface area contributed by atoms with Crippen LogP contribution in [0, 0.1) is 0 Å². The summed E-state index contributed by atoms with van der Waals surface area (Å²) in [6.07, 6.45) is 1.23. The maximum atomic E-state index is 12.4. The minimum absolute atomic E-state index is 0.347. The van der Waals surface area contributed by atoms with E-state index < -0.39 is 12.0 Å². The number of urea groups is 1. The summed E-state index contributed by atoms with van der Waals surface area (Å²) >= 11 is 1.54. The molecule has 2 heterocycles. The molecule has 1 aliphatic heterocycles. The first kappa shape index (κ1) is 14.6. The Labute approximate surface area is 132 Å². The largest absolute Gasteiger partial charge is 0.480 e. The fourth-order valence-electron chi connectivity index (χ4n) is 2.67. The van der Waals surface area contributed by atoms with Gasteiger partial charge in [0, 0.05) is 6.54 Å².